The number of aromatic nitrogens is 1. The second-order valence-electron chi connectivity index (χ2n) is 8.89. The van der Waals surface area contributed by atoms with E-state index >= 15 is 0 Å². The number of likely N-dealkylation sites (tertiary alicyclic amines) is 1. The van der Waals surface area contributed by atoms with Crippen LogP contribution in [0, 0.1) is 11.8 Å². The Morgan fingerprint density at radius 2 is 1.83 bits per heavy atom. The van der Waals surface area contributed by atoms with Crippen molar-refractivity contribution in [1.29, 1.82) is 0 Å². The first-order valence-corrected chi connectivity index (χ1v) is 11.2. The number of pyridine rings is 1. The summed E-state index contributed by atoms with van der Waals surface area (Å²) in [6.45, 7) is 2.25. The number of hydrogen-bond acceptors (Lipinski definition) is 3. The third-order valence-electron chi connectivity index (χ3n) is 7.27. The Morgan fingerprint density at radius 3 is 2.45 bits per heavy atom. The van der Waals surface area contributed by atoms with Crippen LogP contribution < -0.4 is 5.73 Å². The number of piperidine rings is 1. The Kier molecular flexibility index (Phi) is 6.29. The SMILES string of the molecule is NCC1(c2ccccc2)CCN(C(=O)C(Cc2cccnc2)C2CCCC2)CC1. The number of nitrogens with two attached hydrogens (primary N) is 1. The largest absolute Gasteiger partial charge is 0.342 e. The quantitative estimate of drug-likeness (QED) is 0.811. The van der Waals surface area contributed by atoms with E-state index in [0.717, 1.165) is 32.4 Å². The van der Waals surface area contributed by atoms with Crippen molar-refractivity contribution in [3.8, 4) is 0 Å². The molecular formula is C25H33N3O. The maximum Gasteiger partial charge on any atom is 0.226 e. The molecule has 1 aliphatic heterocycles. The van der Waals surface area contributed by atoms with E-state index in [1.54, 1.807) is 6.20 Å². The van der Waals surface area contributed by atoms with E-state index in [9.17, 15) is 4.79 Å². The molecule has 2 aromatic rings. The average Bonchev–Trinajstić information content (AvgIpc) is 3.33. The molecule has 154 valence electrons. The number of amides is 1. The number of rotatable bonds is 6. The van der Waals surface area contributed by atoms with Crippen LogP contribution in [0.2, 0.25) is 0 Å². The second-order valence-corrected chi connectivity index (χ2v) is 8.89. The number of hydrogen-bond donors (Lipinski definition) is 1. The first-order valence-electron chi connectivity index (χ1n) is 11.2. The predicted octanol–water partition coefficient (Wildman–Crippen LogP) is 3.95. The molecule has 0 bridgehead atoms. The van der Waals surface area contributed by atoms with E-state index in [4.69, 9.17) is 5.73 Å². The van der Waals surface area contributed by atoms with E-state index in [2.05, 4.69) is 46.3 Å². The summed E-state index contributed by atoms with van der Waals surface area (Å²) < 4.78 is 0. The molecule has 1 aliphatic carbocycles. The number of carbonyl (C=O) groups excluding carboxylic acids is 1. The molecule has 1 saturated carbocycles. The van der Waals surface area contributed by atoms with Gasteiger partial charge in [0.1, 0.15) is 0 Å². The molecule has 2 heterocycles. The summed E-state index contributed by atoms with van der Waals surface area (Å²) in [4.78, 5) is 20.0. The standard InChI is InChI=1S/C25H33N3O/c26-19-25(22-10-2-1-3-11-22)12-15-28(16-13-25)24(29)23(21-8-4-5-9-21)17-20-7-6-14-27-18-20/h1-3,6-7,10-11,14,18,21,23H,4-5,8-9,12-13,15-17,19,26H2. The molecule has 1 atom stereocenters. The van der Waals surface area contributed by atoms with Crippen LogP contribution in [-0.2, 0) is 16.6 Å². The summed E-state index contributed by atoms with van der Waals surface area (Å²) in [5.41, 5.74) is 8.74. The first kappa shape index (κ1) is 20.1. The highest BCUT2D eigenvalue weighted by Crippen LogP contribution is 2.38. The van der Waals surface area contributed by atoms with Crippen LogP contribution in [0.25, 0.3) is 0 Å². The van der Waals surface area contributed by atoms with Gasteiger partial charge in [-0.05, 0) is 55.2 Å². The van der Waals surface area contributed by atoms with Gasteiger partial charge in [0.25, 0.3) is 0 Å². The lowest BCUT2D eigenvalue weighted by atomic mass is 9.72. The van der Waals surface area contributed by atoms with Crippen LogP contribution in [0.15, 0.2) is 54.9 Å². The highest BCUT2D eigenvalue weighted by molar-refractivity contribution is 5.79. The highest BCUT2D eigenvalue weighted by Gasteiger charge is 2.39. The van der Waals surface area contributed by atoms with Crippen molar-refractivity contribution in [2.45, 2.75) is 50.4 Å². The number of nitrogens with zero attached hydrogens (tertiary/aromatic N) is 2. The summed E-state index contributed by atoms with van der Waals surface area (Å²) in [5, 5.41) is 0. The molecular weight excluding hydrogens is 358 g/mol. The fourth-order valence-corrected chi connectivity index (χ4v) is 5.38. The van der Waals surface area contributed by atoms with E-state index in [0.29, 0.717) is 18.4 Å². The average molecular weight is 392 g/mol. The number of carbonyl (C=O) groups is 1. The molecule has 0 spiro atoms. The maximum atomic E-state index is 13.6. The fourth-order valence-electron chi connectivity index (χ4n) is 5.38. The van der Waals surface area contributed by atoms with Gasteiger partial charge >= 0.3 is 0 Å². The van der Waals surface area contributed by atoms with Crippen molar-refractivity contribution in [2.75, 3.05) is 19.6 Å². The Balaban J connectivity index is 1.47. The third-order valence-corrected chi connectivity index (χ3v) is 7.27. The summed E-state index contributed by atoms with van der Waals surface area (Å²) in [6, 6.07) is 14.7. The molecule has 0 radical (unpaired) electrons. The molecule has 4 nitrogen and oxygen atoms in total. The zero-order chi connectivity index (χ0) is 20.1. The normalized spacial score (nSPS) is 20.5. The Bertz CT molecular complexity index is 778. The lowest BCUT2D eigenvalue weighted by Crippen LogP contribution is -2.50. The lowest BCUT2D eigenvalue weighted by molar-refractivity contribution is -0.139. The van der Waals surface area contributed by atoms with E-state index < -0.39 is 0 Å². The van der Waals surface area contributed by atoms with Crippen molar-refractivity contribution < 1.29 is 4.79 Å². The first-order chi connectivity index (χ1) is 14.2. The van der Waals surface area contributed by atoms with Gasteiger partial charge < -0.3 is 10.6 Å². The van der Waals surface area contributed by atoms with Crippen LogP contribution in [0.4, 0.5) is 0 Å². The van der Waals surface area contributed by atoms with Crippen molar-refractivity contribution in [1.82, 2.24) is 9.88 Å². The summed E-state index contributed by atoms with van der Waals surface area (Å²) >= 11 is 0. The Morgan fingerprint density at radius 1 is 1.10 bits per heavy atom. The lowest BCUT2D eigenvalue weighted by Gasteiger charge is -2.43. The van der Waals surface area contributed by atoms with Gasteiger partial charge in [-0.1, -0.05) is 49.2 Å². The minimum absolute atomic E-state index is 0.00421. The second kappa shape index (κ2) is 9.08. The molecule has 4 rings (SSSR count). The van der Waals surface area contributed by atoms with Crippen LogP contribution in [0.5, 0.6) is 0 Å². The van der Waals surface area contributed by atoms with Gasteiger partial charge in [-0.3, -0.25) is 9.78 Å². The number of benzene rings is 1. The van der Waals surface area contributed by atoms with Crippen molar-refractivity contribution in [3.05, 3.63) is 66.0 Å². The fraction of sp³-hybridized carbons (Fsp3) is 0.520. The smallest absolute Gasteiger partial charge is 0.226 e. The maximum absolute atomic E-state index is 13.6. The predicted molar refractivity (Wildman–Crippen MR) is 116 cm³/mol. The molecule has 1 unspecified atom stereocenters. The van der Waals surface area contributed by atoms with Gasteiger partial charge in [0.15, 0.2) is 0 Å². The monoisotopic (exact) mass is 391 g/mol. The van der Waals surface area contributed by atoms with Crippen LogP contribution in [0.1, 0.15) is 49.7 Å². The Labute approximate surface area is 174 Å². The summed E-state index contributed by atoms with van der Waals surface area (Å²) in [5.74, 6) is 0.946. The minimum Gasteiger partial charge on any atom is -0.342 e. The molecule has 1 saturated heterocycles. The zero-order valence-corrected chi connectivity index (χ0v) is 17.3. The molecule has 1 amide bonds. The topological polar surface area (TPSA) is 59.2 Å². The van der Waals surface area contributed by atoms with Crippen LogP contribution in [-0.4, -0.2) is 35.4 Å². The van der Waals surface area contributed by atoms with Gasteiger partial charge in [0.05, 0.1) is 0 Å². The van der Waals surface area contributed by atoms with E-state index in [-0.39, 0.29) is 11.3 Å². The third kappa shape index (κ3) is 4.37. The van der Waals surface area contributed by atoms with Gasteiger partial charge in [-0.2, -0.15) is 0 Å². The highest BCUT2D eigenvalue weighted by atomic mass is 16.2. The molecule has 4 heteroatoms. The van der Waals surface area contributed by atoms with Gasteiger partial charge in [0, 0.05) is 43.4 Å². The van der Waals surface area contributed by atoms with Gasteiger partial charge in [-0.25, -0.2) is 0 Å². The molecule has 2 N–H and O–H groups in total. The van der Waals surface area contributed by atoms with Crippen LogP contribution >= 0.6 is 0 Å². The van der Waals surface area contributed by atoms with Crippen molar-refractivity contribution >= 4 is 5.91 Å². The van der Waals surface area contributed by atoms with E-state index in [1.165, 1.54) is 36.8 Å². The summed E-state index contributed by atoms with van der Waals surface area (Å²) in [7, 11) is 0. The summed E-state index contributed by atoms with van der Waals surface area (Å²) in [6.07, 6.45) is 11.3. The van der Waals surface area contributed by atoms with Crippen molar-refractivity contribution in [2.24, 2.45) is 17.6 Å². The van der Waals surface area contributed by atoms with Crippen molar-refractivity contribution in [3.63, 3.8) is 0 Å². The molecule has 2 aliphatic rings. The molecule has 2 fully saturated rings. The van der Waals surface area contributed by atoms with E-state index in [1.807, 2.05) is 12.3 Å². The minimum atomic E-state index is 0.00421. The Hall–Kier alpha value is -2.20. The molecule has 1 aromatic carbocycles. The van der Waals surface area contributed by atoms with Crippen LogP contribution in [0.3, 0.4) is 0 Å². The molecule has 29 heavy (non-hydrogen) atoms. The van der Waals surface area contributed by atoms with Gasteiger partial charge in [-0.15, -0.1) is 0 Å². The zero-order valence-electron chi connectivity index (χ0n) is 17.3. The molecule has 1 aromatic heterocycles. The van der Waals surface area contributed by atoms with Gasteiger partial charge in [0.2, 0.25) is 5.91 Å².